The minimum absolute atomic E-state index is 0.180. The summed E-state index contributed by atoms with van der Waals surface area (Å²) < 4.78 is 9.84. The summed E-state index contributed by atoms with van der Waals surface area (Å²) >= 11 is 0. The summed E-state index contributed by atoms with van der Waals surface area (Å²) in [6.07, 6.45) is 0.242. The molecular formula is C15H21NO5. The number of amides is 1. The monoisotopic (exact) mass is 295 g/mol. The molecule has 1 atom stereocenters. The van der Waals surface area contributed by atoms with E-state index in [-0.39, 0.29) is 13.0 Å². The van der Waals surface area contributed by atoms with Crippen LogP contribution in [0.3, 0.4) is 0 Å². The molecule has 0 saturated heterocycles. The Balaban J connectivity index is 2.52. The van der Waals surface area contributed by atoms with Crippen LogP contribution < -0.4 is 5.32 Å². The molecule has 0 radical (unpaired) electrons. The molecule has 0 saturated carbocycles. The Kier molecular flexibility index (Phi) is 7.42. The molecule has 0 aliphatic heterocycles. The Morgan fingerprint density at radius 1 is 1.29 bits per heavy atom. The lowest BCUT2D eigenvalue weighted by molar-refractivity contribution is -0.142. The highest BCUT2D eigenvalue weighted by Crippen LogP contribution is 2.10. The predicted molar refractivity (Wildman–Crippen MR) is 77.1 cm³/mol. The molecule has 0 heterocycles. The fraction of sp³-hybridized carbons (Fsp3) is 0.467. The fourth-order valence-electron chi connectivity index (χ4n) is 1.80. The summed E-state index contributed by atoms with van der Waals surface area (Å²) in [5, 5.41) is 11.7. The van der Waals surface area contributed by atoms with E-state index in [2.05, 4.69) is 5.32 Å². The van der Waals surface area contributed by atoms with Crippen LogP contribution in [0.5, 0.6) is 0 Å². The zero-order chi connectivity index (χ0) is 15.7. The van der Waals surface area contributed by atoms with Crippen molar-refractivity contribution in [1.29, 1.82) is 0 Å². The quantitative estimate of drug-likeness (QED) is 0.657. The van der Waals surface area contributed by atoms with Gasteiger partial charge in [-0.25, -0.2) is 4.79 Å². The van der Waals surface area contributed by atoms with Crippen LogP contribution >= 0.6 is 0 Å². The predicted octanol–water partition coefficient (Wildman–Crippen LogP) is 0.770. The van der Waals surface area contributed by atoms with Crippen LogP contribution in [0.4, 0.5) is 0 Å². The molecule has 6 heteroatoms. The summed E-state index contributed by atoms with van der Waals surface area (Å²) in [4.78, 5) is 22.9. The second-order valence-electron chi connectivity index (χ2n) is 4.63. The number of carbonyl (C=O) groups is 2. The van der Waals surface area contributed by atoms with Gasteiger partial charge in [0.25, 0.3) is 0 Å². The molecule has 1 rings (SSSR count). The molecule has 0 spiro atoms. The summed E-state index contributed by atoms with van der Waals surface area (Å²) in [7, 11) is 1.53. The number of rotatable bonds is 9. The number of benzene rings is 1. The van der Waals surface area contributed by atoms with Crippen LogP contribution in [0.15, 0.2) is 24.3 Å². The molecule has 21 heavy (non-hydrogen) atoms. The number of aliphatic carboxylic acids is 1. The average Bonchev–Trinajstić information content (AvgIpc) is 2.45. The molecule has 0 unspecified atom stereocenters. The van der Waals surface area contributed by atoms with E-state index in [9.17, 15) is 14.7 Å². The number of hydrogen-bond acceptors (Lipinski definition) is 4. The molecule has 116 valence electrons. The van der Waals surface area contributed by atoms with Crippen LogP contribution in [-0.2, 0) is 25.5 Å². The van der Waals surface area contributed by atoms with Crippen molar-refractivity contribution >= 4 is 11.9 Å². The van der Waals surface area contributed by atoms with Crippen molar-refractivity contribution in [1.82, 2.24) is 5.32 Å². The first-order valence-corrected chi connectivity index (χ1v) is 6.68. The van der Waals surface area contributed by atoms with E-state index in [1.807, 2.05) is 31.2 Å². The van der Waals surface area contributed by atoms with E-state index < -0.39 is 17.9 Å². The largest absolute Gasteiger partial charge is 0.480 e. The van der Waals surface area contributed by atoms with Crippen molar-refractivity contribution in [3.05, 3.63) is 35.4 Å². The van der Waals surface area contributed by atoms with Gasteiger partial charge in [-0.15, -0.1) is 0 Å². The van der Waals surface area contributed by atoms with E-state index in [0.717, 1.165) is 11.1 Å². The lowest BCUT2D eigenvalue weighted by Gasteiger charge is -2.16. The van der Waals surface area contributed by atoms with Gasteiger partial charge in [0.2, 0.25) is 5.91 Å². The molecular weight excluding hydrogens is 274 g/mol. The number of hydrogen-bond donors (Lipinski definition) is 2. The Bertz CT molecular complexity index is 475. The minimum atomic E-state index is -1.07. The topological polar surface area (TPSA) is 84.9 Å². The first-order valence-electron chi connectivity index (χ1n) is 6.68. The summed E-state index contributed by atoms with van der Waals surface area (Å²) in [6.45, 7) is 2.41. The number of carboxylic acid groups (broad SMARTS) is 1. The van der Waals surface area contributed by atoms with Crippen molar-refractivity contribution in [3.63, 3.8) is 0 Å². The molecule has 1 aromatic rings. The van der Waals surface area contributed by atoms with E-state index in [1.165, 1.54) is 7.11 Å². The van der Waals surface area contributed by atoms with Crippen molar-refractivity contribution in [3.8, 4) is 0 Å². The van der Waals surface area contributed by atoms with Gasteiger partial charge in [0.1, 0.15) is 12.6 Å². The molecule has 0 bridgehead atoms. The fourth-order valence-corrected chi connectivity index (χ4v) is 1.80. The third-order valence-corrected chi connectivity index (χ3v) is 2.98. The van der Waals surface area contributed by atoms with Gasteiger partial charge >= 0.3 is 5.97 Å². The molecule has 0 aliphatic rings. The number of ether oxygens (including phenoxy) is 2. The van der Waals surface area contributed by atoms with Crippen LogP contribution in [0.2, 0.25) is 0 Å². The first-order chi connectivity index (χ1) is 10.0. The zero-order valence-corrected chi connectivity index (χ0v) is 12.3. The molecule has 1 amide bonds. The van der Waals surface area contributed by atoms with Crippen LogP contribution in [-0.4, -0.2) is 50.0 Å². The van der Waals surface area contributed by atoms with E-state index in [4.69, 9.17) is 9.47 Å². The maximum atomic E-state index is 11.7. The average molecular weight is 295 g/mol. The normalized spacial score (nSPS) is 11.9. The van der Waals surface area contributed by atoms with Gasteiger partial charge in [-0.05, 0) is 18.1 Å². The van der Waals surface area contributed by atoms with Crippen molar-refractivity contribution in [2.24, 2.45) is 0 Å². The van der Waals surface area contributed by atoms with Gasteiger partial charge in [0.15, 0.2) is 0 Å². The Labute approximate surface area is 124 Å². The van der Waals surface area contributed by atoms with Gasteiger partial charge in [-0.3, -0.25) is 4.79 Å². The van der Waals surface area contributed by atoms with Gasteiger partial charge in [0.05, 0.1) is 13.2 Å². The van der Waals surface area contributed by atoms with E-state index in [0.29, 0.717) is 13.2 Å². The van der Waals surface area contributed by atoms with E-state index >= 15 is 0 Å². The molecule has 1 aromatic carbocycles. The molecule has 2 N–H and O–H groups in total. The summed E-state index contributed by atoms with van der Waals surface area (Å²) in [5.41, 5.74) is 1.89. The van der Waals surface area contributed by atoms with Crippen molar-refractivity contribution in [2.45, 2.75) is 19.4 Å². The van der Waals surface area contributed by atoms with Crippen LogP contribution in [0.25, 0.3) is 0 Å². The lowest BCUT2D eigenvalue weighted by atomic mass is 10.0. The maximum absolute atomic E-state index is 11.7. The Morgan fingerprint density at radius 2 is 2.00 bits per heavy atom. The molecule has 0 aliphatic carbocycles. The van der Waals surface area contributed by atoms with Crippen molar-refractivity contribution in [2.75, 3.05) is 26.9 Å². The molecule has 6 nitrogen and oxygen atoms in total. The van der Waals surface area contributed by atoms with Crippen LogP contribution in [0.1, 0.15) is 11.1 Å². The standard InChI is InChI=1S/C15H21NO5/c1-11-5-3-4-6-12(11)9-13(15(18)19)16-14(17)10-21-8-7-20-2/h3-6,13H,7-10H2,1-2H3,(H,16,17)(H,18,19)/t13-/m1/s1. The van der Waals surface area contributed by atoms with Gasteiger partial charge < -0.3 is 19.9 Å². The first kappa shape index (κ1) is 17.1. The van der Waals surface area contributed by atoms with E-state index in [1.54, 1.807) is 0 Å². The highest BCUT2D eigenvalue weighted by molar-refractivity contribution is 5.84. The Morgan fingerprint density at radius 3 is 2.62 bits per heavy atom. The van der Waals surface area contributed by atoms with Gasteiger partial charge in [0, 0.05) is 13.5 Å². The smallest absolute Gasteiger partial charge is 0.326 e. The van der Waals surface area contributed by atoms with Crippen LogP contribution in [0, 0.1) is 6.92 Å². The second-order valence-corrected chi connectivity index (χ2v) is 4.63. The number of aryl methyl sites for hydroxylation is 1. The molecule has 0 fully saturated rings. The number of carboxylic acids is 1. The number of carbonyl (C=O) groups excluding carboxylic acids is 1. The third kappa shape index (κ3) is 6.37. The third-order valence-electron chi connectivity index (χ3n) is 2.98. The maximum Gasteiger partial charge on any atom is 0.326 e. The lowest BCUT2D eigenvalue weighted by Crippen LogP contribution is -2.44. The second kappa shape index (κ2) is 9.10. The highest BCUT2D eigenvalue weighted by atomic mass is 16.5. The number of nitrogens with one attached hydrogen (secondary N) is 1. The zero-order valence-electron chi connectivity index (χ0n) is 12.3. The van der Waals surface area contributed by atoms with Crippen molar-refractivity contribution < 1.29 is 24.2 Å². The minimum Gasteiger partial charge on any atom is -0.480 e. The number of methoxy groups -OCH3 is 1. The van der Waals surface area contributed by atoms with Gasteiger partial charge in [-0.1, -0.05) is 24.3 Å². The molecule has 0 aromatic heterocycles. The Hall–Kier alpha value is -1.92. The summed E-state index contributed by atoms with van der Waals surface area (Å²) in [6, 6.07) is 6.52. The van der Waals surface area contributed by atoms with Gasteiger partial charge in [-0.2, -0.15) is 0 Å². The highest BCUT2D eigenvalue weighted by Gasteiger charge is 2.20. The summed E-state index contributed by atoms with van der Waals surface area (Å²) in [5.74, 6) is -1.52. The SMILES string of the molecule is COCCOCC(=O)N[C@H](Cc1ccccc1C)C(=O)O.